The summed E-state index contributed by atoms with van der Waals surface area (Å²) in [5.74, 6) is 2.82. The van der Waals surface area contributed by atoms with Gasteiger partial charge in [-0.05, 0) is 36.4 Å². The van der Waals surface area contributed by atoms with E-state index in [-0.39, 0.29) is 0 Å². The molecule has 0 unspecified atom stereocenters. The highest BCUT2D eigenvalue weighted by Gasteiger charge is 2.02. The quantitative estimate of drug-likeness (QED) is 0.775. The molecule has 0 saturated carbocycles. The molecule has 3 rings (SSSR count). The lowest BCUT2D eigenvalue weighted by atomic mass is 10.3. The Hall–Kier alpha value is -3.01. The molecule has 4 heteroatoms. The monoisotopic (exact) mass is 278 g/mol. The summed E-state index contributed by atoms with van der Waals surface area (Å²) in [4.78, 5) is 3.92. The fourth-order valence-electron chi connectivity index (χ4n) is 1.81. The molecule has 0 radical (unpaired) electrons. The minimum atomic E-state index is 0.502. The van der Waals surface area contributed by atoms with Crippen molar-refractivity contribution < 1.29 is 9.47 Å². The van der Waals surface area contributed by atoms with Crippen LogP contribution in [0, 0.1) is 0 Å². The number of aromatic nitrogens is 1. The van der Waals surface area contributed by atoms with Crippen LogP contribution in [0.3, 0.4) is 0 Å². The number of hydrogen-bond acceptors (Lipinski definition) is 4. The van der Waals surface area contributed by atoms with Gasteiger partial charge in [0, 0.05) is 12.3 Å². The zero-order chi connectivity index (χ0) is 14.5. The van der Waals surface area contributed by atoms with Gasteiger partial charge < -0.3 is 15.2 Å². The van der Waals surface area contributed by atoms with Gasteiger partial charge in [0.15, 0.2) is 5.75 Å². The maximum atomic E-state index is 5.79. The molecule has 0 atom stereocenters. The Labute approximate surface area is 122 Å². The van der Waals surface area contributed by atoms with Gasteiger partial charge in [-0.15, -0.1) is 0 Å². The van der Waals surface area contributed by atoms with Gasteiger partial charge in [0.25, 0.3) is 0 Å². The van der Waals surface area contributed by atoms with Crippen LogP contribution in [0.5, 0.6) is 23.0 Å². The number of nitrogens with two attached hydrogens (primary N) is 1. The lowest BCUT2D eigenvalue weighted by Crippen LogP contribution is -1.92. The summed E-state index contributed by atoms with van der Waals surface area (Å²) in [6, 6.07) is 18.7. The van der Waals surface area contributed by atoms with Crippen LogP contribution in [-0.2, 0) is 0 Å². The number of pyridine rings is 1. The summed E-state index contributed by atoms with van der Waals surface area (Å²) in [6.45, 7) is 0. The number of ether oxygens (including phenoxy) is 2. The van der Waals surface area contributed by atoms with E-state index < -0.39 is 0 Å². The van der Waals surface area contributed by atoms with Gasteiger partial charge in [-0.2, -0.15) is 0 Å². The summed E-state index contributed by atoms with van der Waals surface area (Å²) in [6.07, 6.45) is 3.20. The van der Waals surface area contributed by atoms with Gasteiger partial charge in [0.1, 0.15) is 17.2 Å². The van der Waals surface area contributed by atoms with Crippen molar-refractivity contribution in [2.45, 2.75) is 0 Å². The fourth-order valence-corrected chi connectivity index (χ4v) is 1.81. The number of rotatable bonds is 4. The minimum absolute atomic E-state index is 0.502. The third-order valence-electron chi connectivity index (χ3n) is 2.84. The van der Waals surface area contributed by atoms with Crippen LogP contribution in [0.25, 0.3) is 0 Å². The molecule has 0 aliphatic carbocycles. The van der Waals surface area contributed by atoms with Crippen molar-refractivity contribution in [2.75, 3.05) is 5.73 Å². The number of anilines is 1. The highest BCUT2D eigenvalue weighted by atomic mass is 16.5. The van der Waals surface area contributed by atoms with Crippen molar-refractivity contribution in [1.82, 2.24) is 4.98 Å². The average molecular weight is 278 g/mol. The molecule has 0 aliphatic rings. The zero-order valence-corrected chi connectivity index (χ0v) is 11.3. The maximum absolute atomic E-state index is 5.79. The van der Waals surface area contributed by atoms with E-state index in [0.29, 0.717) is 17.2 Å². The van der Waals surface area contributed by atoms with E-state index in [1.807, 2.05) is 54.6 Å². The van der Waals surface area contributed by atoms with Gasteiger partial charge in [-0.1, -0.05) is 18.2 Å². The normalized spacial score (nSPS) is 10.1. The SMILES string of the molecule is Nc1cnccc1Oc1ccc(Oc2ccccc2)cc1. The van der Waals surface area contributed by atoms with Crippen LogP contribution in [-0.4, -0.2) is 4.98 Å². The number of benzene rings is 2. The first-order valence-corrected chi connectivity index (χ1v) is 6.51. The second-order valence-corrected chi connectivity index (χ2v) is 4.40. The number of para-hydroxylation sites is 1. The van der Waals surface area contributed by atoms with Crippen molar-refractivity contribution in [3.8, 4) is 23.0 Å². The third-order valence-corrected chi connectivity index (χ3v) is 2.84. The van der Waals surface area contributed by atoms with E-state index >= 15 is 0 Å². The average Bonchev–Trinajstić information content (AvgIpc) is 2.52. The van der Waals surface area contributed by atoms with E-state index in [9.17, 15) is 0 Å². The van der Waals surface area contributed by atoms with E-state index in [1.54, 1.807) is 18.5 Å². The van der Waals surface area contributed by atoms with Gasteiger partial charge >= 0.3 is 0 Å². The van der Waals surface area contributed by atoms with E-state index in [2.05, 4.69) is 4.98 Å². The highest BCUT2D eigenvalue weighted by molar-refractivity contribution is 5.51. The Bertz CT molecular complexity index is 712. The second-order valence-electron chi connectivity index (χ2n) is 4.40. The lowest BCUT2D eigenvalue weighted by Gasteiger charge is -2.09. The maximum Gasteiger partial charge on any atom is 0.153 e. The van der Waals surface area contributed by atoms with E-state index in [4.69, 9.17) is 15.2 Å². The summed E-state index contributed by atoms with van der Waals surface area (Å²) < 4.78 is 11.4. The molecule has 0 saturated heterocycles. The Morgan fingerprint density at radius 2 is 1.33 bits per heavy atom. The van der Waals surface area contributed by atoms with Crippen LogP contribution in [0.1, 0.15) is 0 Å². The summed E-state index contributed by atoms with van der Waals surface area (Å²) in [5, 5.41) is 0. The zero-order valence-electron chi connectivity index (χ0n) is 11.3. The molecule has 0 aliphatic heterocycles. The molecule has 2 aromatic carbocycles. The van der Waals surface area contributed by atoms with E-state index in [0.717, 1.165) is 11.5 Å². The molecule has 3 aromatic rings. The van der Waals surface area contributed by atoms with Gasteiger partial charge in [-0.25, -0.2) is 0 Å². The van der Waals surface area contributed by atoms with Crippen LogP contribution in [0.2, 0.25) is 0 Å². The van der Waals surface area contributed by atoms with Crippen LogP contribution in [0.15, 0.2) is 73.1 Å². The number of nitrogens with zero attached hydrogens (tertiary/aromatic N) is 1. The van der Waals surface area contributed by atoms with Crippen molar-refractivity contribution in [3.63, 3.8) is 0 Å². The van der Waals surface area contributed by atoms with Crippen molar-refractivity contribution >= 4 is 5.69 Å². The lowest BCUT2D eigenvalue weighted by molar-refractivity contribution is 0.470. The molecular weight excluding hydrogens is 264 g/mol. The molecular formula is C17H14N2O2. The van der Waals surface area contributed by atoms with Gasteiger partial charge in [0.2, 0.25) is 0 Å². The Kier molecular flexibility index (Phi) is 3.69. The third kappa shape index (κ3) is 3.30. The predicted octanol–water partition coefficient (Wildman–Crippen LogP) is 4.25. The second kappa shape index (κ2) is 5.96. The summed E-state index contributed by atoms with van der Waals surface area (Å²) in [5.41, 5.74) is 6.29. The Morgan fingerprint density at radius 1 is 0.714 bits per heavy atom. The van der Waals surface area contributed by atoms with E-state index in [1.165, 1.54) is 0 Å². The minimum Gasteiger partial charge on any atom is -0.457 e. The Morgan fingerprint density at radius 3 is 2.00 bits per heavy atom. The number of hydrogen-bond donors (Lipinski definition) is 1. The largest absolute Gasteiger partial charge is 0.457 e. The van der Waals surface area contributed by atoms with Gasteiger partial charge in [-0.3, -0.25) is 4.98 Å². The predicted molar refractivity (Wildman–Crippen MR) is 81.7 cm³/mol. The molecule has 4 nitrogen and oxygen atoms in total. The molecule has 0 spiro atoms. The molecule has 0 amide bonds. The first kappa shape index (κ1) is 13.0. The standard InChI is InChI=1S/C17H14N2O2/c18-16-12-19-11-10-17(16)21-15-8-6-14(7-9-15)20-13-4-2-1-3-5-13/h1-12H,18H2. The molecule has 0 bridgehead atoms. The molecule has 1 heterocycles. The topological polar surface area (TPSA) is 57.4 Å². The van der Waals surface area contributed by atoms with Crippen molar-refractivity contribution in [2.24, 2.45) is 0 Å². The van der Waals surface area contributed by atoms with Crippen LogP contribution < -0.4 is 15.2 Å². The first-order chi connectivity index (χ1) is 10.3. The molecule has 0 fully saturated rings. The molecule has 104 valence electrons. The summed E-state index contributed by atoms with van der Waals surface area (Å²) >= 11 is 0. The molecule has 1 aromatic heterocycles. The molecule has 21 heavy (non-hydrogen) atoms. The van der Waals surface area contributed by atoms with Crippen LogP contribution in [0.4, 0.5) is 5.69 Å². The number of nitrogen functional groups attached to an aromatic ring is 1. The Balaban J connectivity index is 1.71. The van der Waals surface area contributed by atoms with Crippen molar-refractivity contribution in [3.05, 3.63) is 73.1 Å². The summed E-state index contributed by atoms with van der Waals surface area (Å²) in [7, 11) is 0. The fraction of sp³-hybridized carbons (Fsp3) is 0. The smallest absolute Gasteiger partial charge is 0.153 e. The van der Waals surface area contributed by atoms with Crippen LogP contribution >= 0.6 is 0 Å². The highest BCUT2D eigenvalue weighted by Crippen LogP contribution is 2.28. The first-order valence-electron chi connectivity index (χ1n) is 6.51. The molecule has 2 N–H and O–H groups in total. The van der Waals surface area contributed by atoms with Gasteiger partial charge in [0.05, 0.1) is 11.9 Å². The van der Waals surface area contributed by atoms with Crippen molar-refractivity contribution in [1.29, 1.82) is 0 Å².